The topological polar surface area (TPSA) is 55.8 Å². The van der Waals surface area contributed by atoms with Crippen molar-refractivity contribution in [2.75, 3.05) is 13.2 Å². The van der Waals surface area contributed by atoms with Crippen LogP contribution in [-0.4, -0.2) is 36.2 Å². The minimum Gasteiger partial charge on any atom is -0.447 e. The van der Waals surface area contributed by atoms with Gasteiger partial charge in [-0.2, -0.15) is 0 Å². The molecular formula is C23H27NO4. The average Bonchev–Trinajstić information content (AvgIpc) is 3.08. The number of cyclic esters (lactones) is 1. The number of hydrogen-bond donors (Lipinski definition) is 0. The molecular weight excluding hydrogens is 354 g/mol. The molecule has 0 N–H and O–H groups in total. The highest BCUT2D eigenvalue weighted by Crippen LogP contribution is 2.22. The number of carbonyl (C=O) groups excluding carboxylic acids is 2. The van der Waals surface area contributed by atoms with Gasteiger partial charge < -0.3 is 9.47 Å². The Hall–Kier alpha value is -2.66. The lowest BCUT2D eigenvalue weighted by Crippen LogP contribution is -2.44. The Balaban J connectivity index is 1.63. The van der Waals surface area contributed by atoms with Crippen LogP contribution in [0.4, 0.5) is 4.79 Å². The summed E-state index contributed by atoms with van der Waals surface area (Å²) in [4.78, 5) is 26.7. The largest absolute Gasteiger partial charge is 0.447 e. The fourth-order valence-electron chi connectivity index (χ4n) is 3.48. The molecule has 1 aliphatic rings. The van der Waals surface area contributed by atoms with Crippen molar-refractivity contribution in [1.82, 2.24) is 4.90 Å². The molecule has 2 atom stereocenters. The molecule has 0 bridgehead atoms. The first-order valence-corrected chi connectivity index (χ1v) is 9.84. The van der Waals surface area contributed by atoms with Gasteiger partial charge in [0, 0.05) is 0 Å². The molecule has 1 saturated heterocycles. The molecule has 0 aromatic heterocycles. The van der Waals surface area contributed by atoms with Crippen LogP contribution in [0.15, 0.2) is 60.7 Å². The lowest BCUT2D eigenvalue weighted by Gasteiger charge is -2.25. The molecule has 1 aliphatic heterocycles. The van der Waals surface area contributed by atoms with Crippen LogP contribution in [0.2, 0.25) is 0 Å². The fourth-order valence-corrected chi connectivity index (χ4v) is 3.48. The molecule has 1 heterocycles. The summed E-state index contributed by atoms with van der Waals surface area (Å²) >= 11 is 0. The molecule has 5 heteroatoms. The second-order valence-corrected chi connectivity index (χ2v) is 7.12. The lowest BCUT2D eigenvalue weighted by atomic mass is 10.0. The van der Waals surface area contributed by atoms with Crippen molar-refractivity contribution in [2.24, 2.45) is 5.92 Å². The third kappa shape index (κ3) is 5.20. The van der Waals surface area contributed by atoms with Crippen molar-refractivity contribution in [3.05, 3.63) is 71.8 Å². The third-order valence-electron chi connectivity index (χ3n) is 4.93. The van der Waals surface area contributed by atoms with Crippen LogP contribution >= 0.6 is 0 Å². The third-order valence-corrected chi connectivity index (χ3v) is 4.93. The van der Waals surface area contributed by atoms with Crippen molar-refractivity contribution in [1.29, 1.82) is 0 Å². The fraction of sp³-hybridized carbons (Fsp3) is 0.391. The Bertz CT molecular complexity index is 763. The Morgan fingerprint density at radius 3 is 2.39 bits per heavy atom. The summed E-state index contributed by atoms with van der Waals surface area (Å²) in [5.41, 5.74) is 2.14. The molecule has 2 aromatic rings. The number of hydrogen-bond acceptors (Lipinski definition) is 4. The molecule has 5 nitrogen and oxygen atoms in total. The van der Waals surface area contributed by atoms with Crippen molar-refractivity contribution in [3.63, 3.8) is 0 Å². The van der Waals surface area contributed by atoms with Crippen LogP contribution in [0.3, 0.4) is 0 Å². The van der Waals surface area contributed by atoms with Crippen molar-refractivity contribution < 1.29 is 19.1 Å². The predicted octanol–water partition coefficient (Wildman–Crippen LogP) is 4.21. The zero-order valence-corrected chi connectivity index (χ0v) is 16.3. The van der Waals surface area contributed by atoms with Crippen molar-refractivity contribution in [3.8, 4) is 0 Å². The first-order chi connectivity index (χ1) is 13.7. The van der Waals surface area contributed by atoms with E-state index in [2.05, 4.69) is 0 Å². The van der Waals surface area contributed by atoms with Gasteiger partial charge in [-0.15, -0.1) is 0 Å². The highest BCUT2D eigenvalue weighted by atomic mass is 16.6. The van der Waals surface area contributed by atoms with E-state index in [1.807, 2.05) is 67.6 Å². The second-order valence-electron chi connectivity index (χ2n) is 7.12. The number of nitrogens with zero attached hydrogens (tertiary/aromatic N) is 1. The molecule has 0 spiro atoms. The van der Waals surface area contributed by atoms with Crippen LogP contribution in [0.25, 0.3) is 0 Å². The van der Waals surface area contributed by atoms with Gasteiger partial charge in [0.25, 0.3) is 0 Å². The Morgan fingerprint density at radius 1 is 1.11 bits per heavy atom. The second kappa shape index (κ2) is 10.0. The van der Waals surface area contributed by atoms with Gasteiger partial charge in [-0.25, -0.2) is 9.69 Å². The quantitative estimate of drug-likeness (QED) is 0.653. The van der Waals surface area contributed by atoms with E-state index in [0.29, 0.717) is 26.1 Å². The molecule has 0 unspecified atom stereocenters. The van der Waals surface area contributed by atoms with Crippen LogP contribution in [-0.2, 0) is 27.3 Å². The van der Waals surface area contributed by atoms with Gasteiger partial charge in [-0.05, 0) is 24.0 Å². The minimum absolute atomic E-state index is 0.196. The van der Waals surface area contributed by atoms with Crippen LogP contribution < -0.4 is 0 Å². The molecule has 148 valence electrons. The summed E-state index contributed by atoms with van der Waals surface area (Å²) in [5.74, 6) is -0.545. The molecule has 0 saturated carbocycles. The smallest absolute Gasteiger partial charge is 0.416 e. The molecule has 0 aliphatic carbocycles. The zero-order chi connectivity index (χ0) is 19.8. The highest BCUT2D eigenvalue weighted by Gasteiger charge is 2.40. The molecule has 0 radical (unpaired) electrons. The zero-order valence-electron chi connectivity index (χ0n) is 16.3. The highest BCUT2D eigenvalue weighted by molar-refractivity contribution is 5.94. The first-order valence-electron chi connectivity index (χ1n) is 9.84. The van der Waals surface area contributed by atoms with Crippen molar-refractivity contribution >= 4 is 12.0 Å². The van der Waals surface area contributed by atoms with Gasteiger partial charge >= 0.3 is 6.09 Å². The summed E-state index contributed by atoms with van der Waals surface area (Å²) in [6.45, 7) is 3.01. The maximum Gasteiger partial charge on any atom is 0.416 e. The van der Waals surface area contributed by atoms with E-state index in [1.165, 1.54) is 4.90 Å². The summed E-state index contributed by atoms with van der Waals surface area (Å²) in [6, 6.07) is 19.4. The lowest BCUT2D eigenvalue weighted by molar-refractivity contribution is -0.136. The maximum atomic E-state index is 13.1. The normalized spacial score (nSPS) is 17.4. The standard InChI is InChI=1S/C23H27NO4/c1-2-9-20(16-27-15-19-12-7-4-8-13-19)22(25)24-21(17-28-23(24)26)14-18-10-5-3-6-11-18/h3-8,10-13,20-21H,2,9,14-17H2,1H3/t20-,21-/m1/s1. The molecule has 1 fully saturated rings. The predicted molar refractivity (Wildman–Crippen MR) is 107 cm³/mol. The van der Waals surface area contributed by atoms with Gasteiger partial charge in [0.05, 0.1) is 25.2 Å². The summed E-state index contributed by atoms with van der Waals surface area (Å²) in [6.07, 6.45) is 1.57. The van der Waals surface area contributed by atoms with E-state index in [-0.39, 0.29) is 24.5 Å². The van der Waals surface area contributed by atoms with Crippen LogP contribution in [0.1, 0.15) is 30.9 Å². The van der Waals surface area contributed by atoms with Crippen LogP contribution in [0, 0.1) is 5.92 Å². The van der Waals surface area contributed by atoms with Crippen molar-refractivity contribution in [2.45, 2.75) is 38.8 Å². The molecule has 28 heavy (non-hydrogen) atoms. The van der Waals surface area contributed by atoms with Gasteiger partial charge in [-0.3, -0.25) is 4.79 Å². The summed E-state index contributed by atoms with van der Waals surface area (Å²) in [5, 5.41) is 0. The number of amides is 2. The molecule has 3 rings (SSSR count). The van der Waals surface area contributed by atoms with E-state index in [0.717, 1.165) is 17.5 Å². The number of ether oxygens (including phenoxy) is 2. The molecule has 2 amide bonds. The monoisotopic (exact) mass is 381 g/mol. The summed E-state index contributed by atoms with van der Waals surface area (Å²) in [7, 11) is 0. The maximum absolute atomic E-state index is 13.1. The summed E-state index contributed by atoms with van der Waals surface area (Å²) < 4.78 is 11.0. The van der Waals surface area contributed by atoms with E-state index in [4.69, 9.17) is 9.47 Å². The number of carbonyl (C=O) groups is 2. The van der Waals surface area contributed by atoms with Gasteiger partial charge in [0.1, 0.15) is 6.61 Å². The Kier molecular flexibility index (Phi) is 7.20. The Labute approximate surface area is 166 Å². The van der Waals surface area contributed by atoms with E-state index >= 15 is 0 Å². The van der Waals surface area contributed by atoms with E-state index in [9.17, 15) is 9.59 Å². The van der Waals surface area contributed by atoms with Gasteiger partial charge in [0.15, 0.2) is 0 Å². The number of imide groups is 1. The van der Waals surface area contributed by atoms with Crippen LogP contribution in [0.5, 0.6) is 0 Å². The minimum atomic E-state index is -0.546. The van der Waals surface area contributed by atoms with Gasteiger partial charge in [-0.1, -0.05) is 74.0 Å². The number of benzene rings is 2. The van der Waals surface area contributed by atoms with E-state index in [1.54, 1.807) is 0 Å². The Morgan fingerprint density at radius 2 is 1.75 bits per heavy atom. The molecule has 2 aromatic carbocycles. The first kappa shape index (κ1) is 20.1. The van der Waals surface area contributed by atoms with Gasteiger partial charge in [0.2, 0.25) is 5.91 Å². The van der Waals surface area contributed by atoms with E-state index < -0.39 is 6.09 Å². The SMILES string of the molecule is CCC[C@H](COCc1ccccc1)C(=O)N1C(=O)OC[C@H]1Cc1ccccc1. The average molecular weight is 381 g/mol. The number of rotatable bonds is 9.